The number of amides is 1. The highest BCUT2D eigenvalue weighted by molar-refractivity contribution is 5.99. The highest BCUT2D eigenvalue weighted by Crippen LogP contribution is 2.26. The summed E-state index contributed by atoms with van der Waals surface area (Å²) in [6, 6.07) is 7.42. The second-order valence-corrected chi connectivity index (χ2v) is 6.20. The van der Waals surface area contributed by atoms with Crippen LogP contribution in [0, 0.1) is 13.8 Å². The van der Waals surface area contributed by atoms with Crippen LogP contribution in [-0.2, 0) is 21.4 Å². The Labute approximate surface area is 151 Å². The van der Waals surface area contributed by atoms with E-state index >= 15 is 0 Å². The summed E-state index contributed by atoms with van der Waals surface area (Å²) >= 11 is 0. The summed E-state index contributed by atoms with van der Waals surface area (Å²) in [6.45, 7) is 5.31. The minimum atomic E-state index is -0.945. The standard InChI is InChI=1S/C19H21N3O4/c1-11-17(12(2)22(4)21-11)20-18(23)13(3)26-19(24)15-9-14-7-5-6-8-16(14)25-10-15/h5-9,13H,10H2,1-4H3,(H,20,23)/t13-/m1/s1. The van der Waals surface area contributed by atoms with Crippen LogP contribution in [0.25, 0.3) is 6.08 Å². The van der Waals surface area contributed by atoms with Gasteiger partial charge in [0, 0.05) is 12.6 Å². The molecule has 1 N–H and O–H groups in total. The minimum absolute atomic E-state index is 0.116. The Morgan fingerprint density at radius 3 is 2.73 bits per heavy atom. The number of benzene rings is 1. The van der Waals surface area contributed by atoms with Crippen LogP contribution in [0.5, 0.6) is 5.75 Å². The molecule has 0 radical (unpaired) electrons. The largest absolute Gasteiger partial charge is 0.488 e. The van der Waals surface area contributed by atoms with Crippen LogP contribution in [0.3, 0.4) is 0 Å². The zero-order valence-electron chi connectivity index (χ0n) is 15.2. The molecule has 7 nitrogen and oxygen atoms in total. The number of carbonyl (C=O) groups excluding carboxylic acids is 2. The van der Waals surface area contributed by atoms with Gasteiger partial charge in [-0.25, -0.2) is 4.79 Å². The number of aryl methyl sites for hydroxylation is 2. The van der Waals surface area contributed by atoms with Crippen LogP contribution in [0.4, 0.5) is 5.69 Å². The van der Waals surface area contributed by atoms with Gasteiger partial charge in [-0.05, 0) is 32.9 Å². The van der Waals surface area contributed by atoms with E-state index in [0.717, 1.165) is 17.0 Å². The van der Waals surface area contributed by atoms with Crippen molar-refractivity contribution in [3.05, 3.63) is 46.8 Å². The van der Waals surface area contributed by atoms with Crippen LogP contribution in [0.1, 0.15) is 23.9 Å². The molecule has 0 fully saturated rings. The number of fused-ring (bicyclic) bond motifs is 1. The van der Waals surface area contributed by atoms with Crippen molar-refractivity contribution >= 4 is 23.6 Å². The second kappa shape index (κ2) is 7.03. The Kier molecular flexibility index (Phi) is 4.79. The van der Waals surface area contributed by atoms with Crippen molar-refractivity contribution in [1.29, 1.82) is 0 Å². The predicted molar refractivity (Wildman–Crippen MR) is 96.8 cm³/mol. The molecule has 0 aliphatic carbocycles. The second-order valence-electron chi connectivity index (χ2n) is 6.20. The third-order valence-corrected chi connectivity index (χ3v) is 4.30. The van der Waals surface area contributed by atoms with E-state index in [2.05, 4.69) is 10.4 Å². The number of aromatic nitrogens is 2. The lowest BCUT2D eigenvalue weighted by molar-refractivity contribution is -0.149. The summed E-state index contributed by atoms with van der Waals surface area (Å²) in [7, 11) is 1.80. The van der Waals surface area contributed by atoms with Crippen molar-refractivity contribution in [3.8, 4) is 5.75 Å². The molecule has 1 aromatic carbocycles. The lowest BCUT2D eigenvalue weighted by Gasteiger charge is -2.19. The van der Waals surface area contributed by atoms with Gasteiger partial charge in [0.2, 0.25) is 0 Å². The van der Waals surface area contributed by atoms with E-state index < -0.39 is 18.0 Å². The fourth-order valence-corrected chi connectivity index (χ4v) is 2.70. The molecule has 1 amide bonds. The Morgan fingerprint density at radius 1 is 1.31 bits per heavy atom. The number of hydrogen-bond donors (Lipinski definition) is 1. The summed E-state index contributed by atoms with van der Waals surface area (Å²) < 4.78 is 12.5. The molecule has 2 aromatic rings. The van der Waals surface area contributed by atoms with Gasteiger partial charge in [0.05, 0.1) is 22.6 Å². The van der Waals surface area contributed by atoms with Gasteiger partial charge >= 0.3 is 5.97 Å². The Morgan fingerprint density at radius 2 is 2.04 bits per heavy atom. The lowest BCUT2D eigenvalue weighted by atomic mass is 10.1. The highest BCUT2D eigenvalue weighted by atomic mass is 16.6. The van der Waals surface area contributed by atoms with Gasteiger partial charge in [-0.2, -0.15) is 5.10 Å². The zero-order chi connectivity index (χ0) is 18.8. The molecule has 7 heteroatoms. The molecule has 136 valence electrons. The molecular formula is C19H21N3O4. The number of carbonyl (C=O) groups is 2. The molecule has 0 saturated carbocycles. The maximum atomic E-state index is 12.4. The number of rotatable bonds is 4. The quantitative estimate of drug-likeness (QED) is 0.852. The first kappa shape index (κ1) is 17.7. The monoisotopic (exact) mass is 355 g/mol. The molecule has 0 spiro atoms. The summed E-state index contributed by atoms with van der Waals surface area (Å²) in [5.41, 5.74) is 3.35. The van der Waals surface area contributed by atoms with E-state index in [9.17, 15) is 9.59 Å². The predicted octanol–water partition coefficient (Wildman–Crippen LogP) is 2.38. The summed E-state index contributed by atoms with van der Waals surface area (Å²) in [6.07, 6.45) is 0.779. The smallest absolute Gasteiger partial charge is 0.338 e. The van der Waals surface area contributed by atoms with Crippen LogP contribution in [-0.4, -0.2) is 34.4 Å². The van der Waals surface area contributed by atoms with Gasteiger partial charge in [0.1, 0.15) is 12.4 Å². The highest BCUT2D eigenvalue weighted by Gasteiger charge is 2.24. The van der Waals surface area contributed by atoms with E-state index in [1.54, 1.807) is 24.7 Å². The van der Waals surface area contributed by atoms with E-state index in [1.807, 2.05) is 31.2 Å². The van der Waals surface area contributed by atoms with Gasteiger partial charge in [0.25, 0.3) is 5.91 Å². The van der Waals surface area contributed by atoms with Crippen molar-refractivity contribution in [1.82, 2.24) is 9.78 Å². The molecule has 1 aliphatic rings. The van der Waals surface area contributed by atoms with Gasteiger partial charge in [0.15, 0.2) is 6.10 Å². The zero-order valence-corrected chi connectivity index (χ0v) is 15.2. The van der Waals surface area contributed by atoms with Gasteiger partial charge in [-0.15, -0.1) is 0 Å². The first-order valence-electron chi connectivity index (χ1n) is 8.31. The van der Waals surface area contributed by atoms with Gasteiger partial charge in [-0.1, -0.05) is 18.2 Å². The number of para-hydroxylation sites is 1. The maximum Gasteiger partial charge on any atom is 0.338 e. The average Bonchev–Trinajstić information content (AvgIpc) is 2.87. The first-order chi connectivity index (χ1) is 12.4. The number of anilines is 1. The first-order valence-corrected chi connectivity index (χ1v) is 8.31. The molecule has 3 rings (SSSR count). The number of nitrogens with one attached hydrogen (secondary N) is 1. The van der Waals surface area contributed by atoms with Crippen LogP contribution in [0.15, 0.2) is 29.8 Å². The van der Waals surface area contributed by atoms with Crippen LogP contribution >= 0.6 is 0 Å². The molecule has 2 heterocycles. The molecule has 1 aliphatic heterocycles. The molecule has 0 bridgehead atoms. The SMILES string of the molecule is Cc1nn(C)c(C)c1NC(=O)[C@@H](C)OC(=O)C1=Cc2ccccc2OC1. The van der Waals surface area contributed by atoms with Crippen molar-refractivity contribution in [2.75, 3.05) is 11.9 Å². The average molecular weight is 355 g/mol. The Balaban J connectivity index is 1.66. The fourth-order valence-electron chi connectivity index (χ4n) is 2.70. The van der Waals surface area contributed by atoms with E-state index in [-0.39, 0.29) is 6.61 Å². The third kappa shape index (κ3) is 3.46. The third-order valence-electron chi connectivity index (χ3n) is 4.30. The normalized spacial score (nSPS) is 13.9. The summed E-state index contributed by atoms with van der Waals surface area (Å²) in [4.78, 5) is 24.7. The van der Waals surface area contributed by atoms with Crippen molar-refractivity contribution < 1.29 is 19.1 Å². The maximum absolute atomic E-state index is 12.4. The molecular weight excluding hydrogens is 334 g/mol. The van der Waals surface area contributed by atoms with Crippen molar-refractivity contribution in [3.63, 3.8) is 0 Å². The molecule has 1 atom stereocenters. The van der Waals surface area contributed by atoms with Crippen LogP contribution < -0.4 is 10.1 Å². The Hall–Kier alpha value is -3.09. The van der Waals surface area contributed by atoms with Crippen LogP contribution in [0.2, 0.25) is 0 Å². The van der Waals surface area contributed by atoms with Crippen molar-refractivity contribution in [2.45, 2.75) is 26.9 Å². The van der Waals surface area contributed by atoms with Crippen molar-refractivity contribution in [2.24, 2.45) is 7.05 Å². The summed E-state index contributed by atoms with van der Waals surface area (Å²) in [5.74, 6) is -0.255. The summed E-state index contributed by atoms with van der Waals surface area (Å²) in [5, 5.41) is 7.02. The number of esters is 1. The molecule has 26 heavy (non-hydrogen) atoms. The molecule has 1 aromatic heterocycles. The lowest BCUT2D eigenvalue weighted by Crippen LogP contribution is -2.31. The number of nitrogens with zero attached hydrogens (tertiary/aromatic N) is 2. The van der Waals surface area contributed by atoms with E-state index in [4.69, 9.17) is 9.47 Å². The number of hydrogen-bond acceptors (Lipinski definition) is 5. The van der Waals surface area contributed by atoms with E-state index in [1.165, 1.54) is 6.92 Å². The molecule has 0 unspecified atom stereocenters. The fraction of sp³-hybridized carbons (Fsp3) is 0.316. The van der Waals surface area contributed by atoms with E-state index in [0.29, 0.717) is 17.0 Å². The van der Waals surface area contributed by atoms with Gasteiger partial charge < -0.3 is 14.8 Å². The van der Waals surface area contributed by atoms with Gasteiger partial charge in [-0.3, -0.25) is 9.48 Å². The molecule has 0 saturated heterocycles. The number of ether oxygens (including phenoxy) is 2. The topological polar surface area (TPSA) is 82.5 Å². The Bertz CT molecular complexity index is 898. The minimum Gasteiger partial charge on any atom is -0.488 e.